The van der Waals surface area contributed by atoms with Crippen LogP contribution in [0.5, 0.6) is 0 Å². The SMILES string of the molecule is CC(C)C(C(=O)Nc1cccc(C#N)c1)n1ccccc1=O. The van der Waals surface area contributed by atoms with Gasteiger partial charge in [0.25, 0.3) is 5.56 Å². The van der Waals surface area contributed by atoms with Gasteiger partial charge in [-0.2, -0.15) is 5.26 Å². The second kappa shape index (κ2) is 6.72. The highest BCUT2D eigenvalue weighted by molar-refractivity contribution is 5.94. The lowest BCUT2D eigenvalue weighted by Crippen LogP contribution is -2.35. The lowest BCUT2D eigenvalue weighted by atomic mass is 10.0. The summed E-state index contributed by atoms with van der Waals surface area (Å²) in [5.74, 6) is -0.336. The van der Waals surface area contributed by atoms with Gasteiger partial charge in [0.1, 0.15) is 6.04 Å². The first kappa shape index (κ1) is 15.5. The van der Waals surface area contributed by atoms with Crippen molar-refractivity contribution in [3.05, 3.63) is 64.6 Å². The largest absolute Gasteiger partial charge is 0.324 e. The van der Waals surface area contributed by atoms with Crippen molar-refractivity contribution in [1.82, 2.24) is 4.57 Å². The van der Waals surface area contributed by atoms with Gasteiger partial charge in [0.2, 0.25) is 5.91 Å². The Balaban J connectivity index is 2.30. The van der Waals surface area contributed by atoms with Crippen LogP contribution in [0, 0.1) is 17.2 Å². The molecule has 1 amide bonds. The average Bonchev–Trinajstić information content (AvgIpc) is 2.49. The molecule has 1 N–H and O–H groups in total. The fourth-order valence-electron chi connectivity index (χ4n) is 2.30. The summed E-state index contributed by atoms with van der Waals surface area (Å²) in [4.78, 5) is 24.5. The van der Waals surface area contributed by atoms with Crippen molar-refractivity contribution in [3.8, 4) is 6.07 Å². The van der Waals surface area contributed by atoms with Crippen molar-refractivity contribution in [2.45, 2.75) is 19.9 Å². The van der Waals surface area contributed by atoms with Crippen LogP contribution in [0.25, 0.3) is 0 Å². The molecule has 1 unspecified atom stereocenters. The molecule has 5 heteroatoms. The Hall–Kier alpha value is -2.87. The third kappa shape index (κ3) is 3.41. The van der Waals surface area contributed by atoms with Crippen molar-refractivity contribution in [3.63, 3.8) is 0 Å². The molecular formula is C17H17N3O2. The summed E-state index contributed by atoms with van der Waals surface area (Å²) in [6.07, 6.45) is 1.61. The summed E-state index contributed by atoms with van der Waals surface area (Å²) in [6, 6.07) is 12.9. The molecule has 0 saturated heterocycles. The van der Waals surface area contributed by atoms with E-state index < -0.39 is 6.04 Å². The van der Waals surface area contributed by atoms with Crippen LogP contribution >= 0.6 is 0 Å². The van der Waals surface area contributed by atoms with E-state index in [9.17, 15) is 9.59 Å². The lowest BCUT2D eigenvalue weighted by molar-refractivity contribution is -0.120. The first-order valence-electron chi connectivity index (χ1n) is 7.01. The number of carbonyl (C=O) groups excluding carboxylic acids is 1. The predicted molar refractivity (Wildman–Crippen MR) is 84.4 cm³/mol. The third-order valence-corrected chi connectivity index (χ3v) is 3.31. The second-order valence-electron chi connectivity index (χ2n) is 5.32. The number of anilines is 1. The summed E-state index contributed by atoms with van der Waals surface area (Å²) in [6.45, 7) is 3.77. The molecule has 112 valence electrons. The maximum atomic E-state index is 12.6. The number of benzene rings is 1. The van der Waals surface area contributed by atoms with E-state index in [2.05, 4.69) is 5.32 Å². The van der Waals surface area contributed by atoms with Gasteiger partial charge in [-0.25, -0.2) is 0 Å². The maximum absolute atomic E-state index is 12.6. The molecule has 22 heavy (non-hydrogen) atoms. The minimum Gasteiger partial charge on any atom is -0.324 e. The number of nitrogens with one attached hydrogen (secondary N) is 1. The number of pyridine rings is 1. The topological polar surface area (TPSA) is 74.9 Å². The fraction of sp³-hybridized carbons (Fsp3) is 0.235. The number of nitrogens with zero attached hydrogens (tertiary/aromatic N) is 2. The molecule has 0 bridgehead atoms. The van der Waals surface area contributed by atoms with Crippen molar-refractivity contribution < 1.29 is 4.79 Å². The predicted octanol–water partition coefficient (Wildman–Crippen LogP) is 2.56. The van der Waals surface area contributed by atoms with Gasteiger partial charge in [0.15, 0.2) is 0 Å². The van der Waals surface area contributed by atoms with Crippen LogP contribution < -0.4 is 10.9 Å². The van der Waals surface area contributed by atoms with Gasteiger partial charge < -0.3 is 9.88 Å². The Morgan fingerprint density at radius 3 is 2.64 bits per heavy atom. The van der Waals surface area contributed by atoms with Crippen molar-refractivity contribution in [2.24, 2.45) is 5.92 Å². The Labute approximate surface area is 128 Å². The van der Waals surface area contributed by atoms with Gasteiger partial charge in [0.05, 0.1) is 11.6 Å². The molecular weight excluding hydrogens is 278 g/mol. The van der Waals surface area contributed by atoms with Crippen LogP contribution in [0.1, 0.15) is 25.5 Å². The number of nitriles is 1. The molecule has 1 atom stereocenters. The molecule has 0 aliphatic heterocycles. The zero-order chi connectivity index (χ0) is 16.1. The summed E-state index contributed by atoms with van der Waals surface area (Å²) < 4.78 is 1.42. The van der Waals surface area contributed by atoms with Crippen LogP contribution in [-0.2, 0) is 4.79 Å². The molecule has 1 heterocycles. The fourth-order valence-corrected chi connectivity index (χ4v) is 2.30. The van der Waals surface area contributed by atoms with E-state index in [1.165, 1.54) is 10.6 Å². The van der Waals surface area contributed by atoms with E-state index in [4.69, 9.17) is 5.26 Å². The van der Waals surface area contributed by atoms with E-state index in [0.717, 1.165) is 0 Å². The standard InChI is InChI=1S/C17H17N3O2/c1-12(2)16(20-9-4-3-8-15(20)21)17(22)19-14-7-5-6-13(10-14)11-18/h3-10,12,16H,1-2H3,(H,19,22). The Kier molecular flexibility index (Phi) is 4.74. The first-order chi connectivity index (χ1) is 10.5. The molecule has 0 spiro atoms. The highest BCUT2D eigenvalue weighted by atomic mass is 16.2. The highest BCUT2D eigenvalue weighted by Crippen LogP contribution is 2.19. The minimum absolute atomic E-state index is 0.0563. The van der Waals surface area contributed by atoms with Crippen LogP contribution in [0.4, 0.5) is 5.69 Å². The zero-order valence-corrected chi connectivity index (χ0v) is 12.5. The number of carbonyl (C=O) groups is 1. The number of hydrogen-bond donors (Lipinski definition) is 1. The summed E-state index contributed by atoms with van der Waals surface area (Å²) in [5.41, 5.74) is 0.789. The van der Waals surface area contributed by atoms with Crippen LogP contribution in [0.3, 0.4) is 0 Å². The number of amides is 1. The van der Waals surface area contributed by atoms with Crippen molar-refractivity contribution >= 4 is 11.6 Å². The zero-order valence-electron chi connectivity index (χ0n) is 12.5. The summed E-state index contributed by atoms with van der Waals surface area (Å²) in [5, 5.41) is 11.7. The average molecular weight is 295 g/mol. The molecule has 0 radical (unpaired) electrons. The van der Waals surface area contributed by atoms with Crippen molar-refractivity contribution in [2.75, 3.05) is 5.32 Å². The highest BCUT2D eigenvalue weighted by Gasteiger charge is 2.24. The second-order valence-corrected chi connectivity index (χ2v) is 5.32. The molecule has 2 rings (SSSR count). The van der Waals surface area contributed by atoms with Crippen LogP contribution in [-0.4, -0.2) is 10.5 Å². The molecule has 1 aromatic carbocycles. The van der Waals surface area contributed by atoms with Crippen LogP contribution in [0.15, 0.2) is 53.5 Å². The van der Waals surface area contributed by atoms with Gasteiger partial charge in [-0.1, -0.05) is 26.0 Å². The molecule has 0 aliphatic carbocycles. The number of hydrogen-bond acceptors (Lipinski definition) is 3. The van der Waals surface area contributed by atoms with E-state index in [-0.39, 0.29) is 17.4 Å². The molecule has 1 aromatic heterocycles. The Bertz CT molecular complexity index is 772. The molecule has 0 fully saturated rings. The van der Waals surface area contributed by atoms with E-state index in [0.29, 0.717) is 11.3 Å². The number of aromatic nitrogens is 1. The van der Waals surface area contributed by atoms with Gasteiger partial charge in [-0.15, -0.1) is 0 Å². The van der Waals surface area contributed by atoms with Gasteiger partial charge in [-0.3, -0.25) is 9.59 Å². The number of rotatable bonds is 4. The van der Waals surface area contributed by atoms with Crippen LogP contribution in [0.2, 0.25) is 0 Å². The van der Waals surface area contributed by atoms with Gasteiger partial charge in [0, 0.05) is 18.0 Å². The Morgan fingerprint density at radius 2 is 2.00 bits per heavy atom. The van der Waals surface area contributed by atoms with E-state index in [1.54, 1.807) is 42.6 Å². The van der Waals surface area contributed by atoms with Gasteiger partial charge >= 0.3 is 0 Å². The lowest BCUT2D eigenvalue weighted by Gasteiger charge is -2.22. The monoisotopic (exact) mass is 295 g/mol. The normalized spacial score (nSPS) is 11.7. The Morgan fingerprint density at radius 1 is 1.23 bits per heavy atom. The first-order valence-corrected chi connectivity index (χ1v) is 7.01. The minimum atomic E-state index is -0.612. The quantitative estimate of drug-likeness (QED) is 0.942. The van der Waals surface area contributed by atoms with Crippen molar-refractivity contribution in [1.29, 1.82) is 5.26 Å². The molecule has 0 aliphatic rings. The van der Waals surface area contributed by atoms with E-state index >= 15 is 0 Å². The summed E-state index contributed by atoms with van der Waals surface area (Å²) >= 11 is 0. The summed E-state index contributed by atoms with van der Waals surface area (Å²) in [7, 11) is 0. The smallest absolute Gasteiger partial charge is 0.251 e. The van der Waals surface area contributed by atoms with Gasteiger partial charge in [-0.05, 0) is 30.2 Å². The molecule has 2 aromatic rings. The third-order valence-electron chi connectivity index (χ3n) is 3.31. The maximum Gasteiger partial charge on any atom is 0.251 e. The molecule has 5 nitrogen and oxygen atoms in total. The molecule has 0 saturated carbocycles. The van der Waals surface area contributed by atoms with E-state index in [1.807, 2.05) is 19.9 Å².